The van der Waals surface area contributed by atoms with Crippen LogP contribution in [0.15, 0.2) is 54.7 Å². The summed E-state index contributed by atoms with van der Waals surface area (Å²) in [5, 5.41) is 5.74. The molecule has 134 valence electrons. The van der Waals surface area contributed by atoms with Crippen molar-refractivity contribution in [3.63, 3.8) is 0 Å². The number of benzene rings is 2. The van der Waals surface area contributed by atoms with Gasteiger partial charge in [-0.05, 0) is 30.5 Å². The van der Waals surface area contributed by atoms with E-state index >= 15 is 0 Å². The number of ether oxygens (including phenoxy) is 1. The Bertz CT molecular complexity index is 979. The van der Waals surface area contributed by atoms with E-state index in [1.807, 2.05) is 37.3 Å². The van der Waals surface area contributed by atoms with E-state index in [-0.39, 0.29) is 12.5 Å². The fourth-order valence-electron chi connectivity index (χ4n) is 2.59. The fraction of sp³-hybridized carbons (Fsp3) is 0.200. The summed E-state index contributed by atoms with van der Waals surface area (Å²) >= 11 is 12.6. The summed E-state index contributed by atoms with van der Waals surface area (Å²) < 4.78 is 6.91. The van der Waals surface area contributed by atoms with Gasteiger partial charge in [-0.3, -0.25) is 4.79 Å². The highest BCUT2D eigenvalue weighted by Crippen LogP contribution is 2.35. The Balaban J connectivity index is 1.74. The van der Waals surface area contributed by atoms with Crippen molar-refractivity contribution in [3.05, 3.63) is 70.4 Å². The van der Waals surface area contributed by atoms with Crippen LogP contribution in [0, 0.1) is 0 Å². The molecule has 0 unspecified atom stereocenters. The number of hydrogen-bond donors (Lipinski definition) is 0. The van der Waals surface area contributed by atoms with Gasteiger partial charge in [0.25, 0.3) is 5.91 Å². The minimum atomic E-state index is -0.290. The van der Waals surface area contributed by atoms with Crippen molar-refractivity contribution in [1.29, 1.82) is 0 Å². The van der Waals surface area contributed by atoms with Crippen molar-refractivity contribution in [2.24, 2.45) is 0 Å². The summed E-state index contributed by atoms with van der Waals surface area (Å²) in [6.07, 6.45) is 3.18. The van der Waals surface area contributed by atoms with Gasteiger partial charge >= 0.3 is 0 Å². The van der Waals surface area contributed by atoms with Crippen LogP contribution < -0.4 is 4.74 Å². The average molecular weight is 389 g/mol. The van der Waals surface area contributed by atoms with Crippen LogP contribution >= 0.6 is 23.2 Å². The molecule has 0 amide bonds. The van der Waals surface area contributed by atoms with E-state index in [1.54, 1.807) is 12.3 Å². The lowest BCUT2D eigenvalue weighted by molar-refractivity contribution is 0.0827. The predicted molar refractivity (Wildman–Crippen MR) is 105 cm³/mol. The molecule has 6 heteroatoms. The number of carbonyl (C=O) groups excluding carboxylic acids is 1. The van der Waals surface area contributed by atoms with Crippen LogP contribution in [0.1, 0.15) is 23.7 Å². The third kappa shape index (κ3) is 3.76. The molecule has 26 heavy (non-hydrogen) atoms. The smallest absolute Gasteiger partial charge is 0.285 e. The first kappa shape index (κ1) is 18.5. The molecule has 0 aliphatic carbocycles. The van der Waals surface area contributed by atoms with Crippen molar-refractivity contribution < 1.29 is 9.53 Å². The summed E-state index contributed by atoms with van der Waals surface area (Å²) in [4.78, 5) is 12.4. The third-order valence-electron chi connectivity index (χ3n) is 4.13. The minimum Gasteiger partial charge on any atom is -0.482 e. The number of fused-ring (bicyclic) bond motifs is 1. The van der Waals surface area contributed by atoms with Gasteiger partial charge in [0, 0.05) is 5.39 Å². The van der Waals surface area contributed by atoms with Gasteiger partial charge in [0.2, 0.25) is 0 Å². The molecule has 0 fully saturated rings. The number of allylic oxidation sites excluding steroid dienone is 1. The molecule has 0 saturated carbocycles. The van der Waals surface area contributed by atoms with E-state index in [1.165, 1.54) is 4.68 Å². The summed E-state index contributed by atoms with van der Waals surface area (Å²) in [6.45, 7) is 5.84. The molecule has 0 saturated heterocycles. The quantitative estimate of drug-likeness (QED) is 0.518. The molecule has 0 aliphatic heterocycles. The Labute approximate surface area is 162 Å². The first-order valence-corrected chi connectivity index (χ1v) is 8.99. The topological polar surface area (TPSA) is 44.1 Å². The maximum Gasteiger partial charge on any atom is 0.285 e. The molecule has 0 spiro atoms. The van der Waals surface area contributed by atoms with Gasteiger partial charge in [-0.15, -0.1) is 0 Å². The molecule has 2 aromatic carbocycles. The molecule has 0 atom stereocenters. The third-order valence-corrected chi connectivity index (χ3v) is 5.04. The van der Waals surface area contributed by atoms with Gasteiger partial charge in [0.1, 0.15) is 10.8 Å². The highest BCUT2D eigenvalue weighted by molar-refractivity contribution is 6.43. The summed E-state index contributed by atoms with van der Waals surface area (Å²) in [6, 6.07) is 11.0. The molecule has 1 aromatic heterocycles. The molecule has 3 rings (SSSR count). The number of hydrogen-bond acceptors (Lipinski definition) is 3. The number of rotatable bonds is 6. The van der Waals surface area contributed by atoms with Crippen molar-refractivity contribution in [2.45, 2.75) is 19.8 Å². The van der Waals surface area contributed by atoms with Crippen LogP contribution in [0.3, 0.4) is 0 Å². The van der Waals surface area contributed by atoms with Crippen LogP contribution in [-0.2, 0) is 6.42 Å². The zero-order valence-corrected chi connectivity index (χ0v) is 15.8. The van der Waals surface area contributed by atoms with E-state index < -0.39 is 0 Å². The molecule has 0 aliphatic rings. The monoisotopic (exact) mass is 388 g/mol. The highest BCUT2D eigenvalue weighted by Gasteiger charge is 2.15. The second kappa shape index (κ2) is 7.94. The lowest BCUT2D eigenvalue weighted by Gasteiger charge is -2.12. The Morgan fingerprint density at radius 3 is 2.73 bits per heavy atom. The molecule has 3 aromatic rings. The van der Waals surface area contributed by atoms with Crippen LogP contribution in [0.5, 0.6) is 5.75 Å². The van der Waals surface area contributed by atoms with Crippen molar-refractivity contribution in [2.75, 3.05) is 6.61 Å². The maximum atomic E-state index is 12.4. The predicted octanol–water partition coefficient (Wildman–Crippen LogP) is 5.57. The van der Waals surface area contributed by atoms with Gasteiger partial charge in [-0.1, -0.05) is 66.5 Å². The fourth-order valence-corrected chi connectivity index (χ4v) is 3.05. The SMILES string of the molecule is C=C(CC)Cc1ccc(OCC(=O)n2ncc3ccccc32)c(Cl)c1Cl. The minimum absolute atomic E-state index is 0.192. The molecule has 0 radical (unpaired) electrons. The second-order valence-electron chi connectivity index (χ2n) is 5.93. The Morgan fingerprint density at radius 1 is 1.19 bits per heavy atom. The van der Waals surface area contributed by atoms with Crippen LogP contribution in [0.4, 0.5) is 0 Å². The largest absolute Gasteiger partial charge is 0.482 e. The Morgan fingerprint density at radius 2 is 1.96 bits per heavy atom. The maximum absolute atomic E-state index is 12.4. The summed E-state index contributed by atoms with van der Waals surface area (Å²) in [5.41, 5.74) is 2.69. The van der Waals surface area contributed by atoms with Crippen LogP contribution in [0.2, 0.25) is 10.0 Å². The lowest BCUT2D eigenvalue weighted by atomic mass is 10.0. The van der Waals surface area contributed by atoms with E-state index in [9.17, 15) is 4.79 Å². The first-order valence-electron chi connectivity index (χ1n) is 8.23. The first-order chi connectivity index (χ1) is 12.5. The number of carbonyl (C=O) groups is 1. The Hall–Kier alpha value is -2.30. The van der Waals surface area contributed by atoms with Gasteiger partial charge in [-0.2, -0.15) is 9.78 Å². The molecule has 1 heterocycles. The van der Waals surface area contributed by atoms with Gasteiger partial charge in [0.05, 0.1) is 16.7 Å². The van der Waals surface area contributed by atoms with E-state index in [4.69, 9.17) is 27.9 Å². The zero-order valence-electron chi connectivity index (χ0n) is 14.3. The Kier molecular flexibility index (Phi) is 5.64. The number of para-hydroxylation sites is 1. The van der Waals surface area contributed by atoms with Gasteiger partial charge in [0.15, 0.2) is 6.61 Å². The number of halogens is 2. The van der Waals surface area contributed by atoms with Gasteiger partial charge < -0.3 is 4.74 Å². The summed E-state index contributed by atoms with van der Waals surface area (Å²) in [7, 11) is 0. The zero-order chi connectivity index (χ0) is 18.7. The van der Waals surface area contributed by atoms with E-state index in [2.05, 4.69) is 11.7 Å². The normalized spacial score (nSPS) is 10.9. The highest BCUT2D eigenvalue weighted by atomic mass is 35.5. The molecule has 0 N–H and O–H groups in total. The van der Waals surface area contributed by atoms with E-state index in [0.717, 1.165) is 28.5 Å². The molecule has 0 bridgehead atoms. The van der Waals surface area contributed by atoms with Crippen molar-refractivity contribution in [1.82, 2.24) is 9.78 Å². The summed E-state index contributed by atoms with van der Waals surface area (Å²) in [5.74, 6) is 0.0779. The number of aromatic nitrogens is 2. The number of nitrogens with zero attached hydrogens (tertiary/aromatic N) is 2. The molecular formula is C20H18Cl2N2O2. The molecular weight excluding hydrogens is 371 g/mol. The molecule has 4 nitrogen and oxygen atoms in total. The van der Waals surface area contributed by atoms with Crippen LogP contribution in [0.25, 0.3) is 10.9 Å². The van der Waals surface area contributed by atoms with Crippen molar-refractivity contribution >= 4 is 40.0 Å². The van der Waals surface area contributed by atoms with Crippen molar-refractivity contribution in [3.8, 4) is 5.75 Å². The van der Waals surface area contributed by atoms with Crippen LogP contribution in [-0.4, -0.2) is 22.3 Å². The second-order valence-corrected chi connectivity index (χ2v) is 6.68. The average Bonchev–Trinajstić information content (AvgIpc) is 3.08. The van der Waals surface area contributed by atoms with E-state index in [0.29, 0.717) is 22.2 Å². The van der Waals surface area contributed by atoms with Gasteiger partial charge in [-0.25, -0.2) is 0 Å². The standard InChI is InChI=1S/C20H18Cl2N2O2/c1-3-13(2)10-14-8-9-17(20(22)19(14)21)26-12-18(25)24-16-7-5-4-6-15(16)11-23-24/h4-9,11H,2-3,10,12H2,1H3. The lowest BCUT2D eigenvalue weighted by Crippen LogP contribution is -2.20.